The lowest BCUT2D eigenvalue weighted by Crippen LogP contribution is -2.45. The van der Waals surface area contributed by atoms with Crippen LogP contribution in [-0.4, -0.2) is 24.7 Å². The number of carbonyl (C=O) groups is 1. The van der Waals surface area contributed by atoms with Crippen molar-refractivity contribution < 1.29 is 31.5 Å². The average molecular weight is 202 g/mol. The van der Waals surface area contributed by atoms with E-state index in [-0.39, 0.29) is 0 Å². The lowest BCUT2D eigenvalue weighted by molar-refractivity contribution is -0.279. The normalized spacial score (nSPS) is 12.0. The summed E-state index contributed by atoms with van der Waals surface area (Å²) in [5, 5.41) is 0. The second-order valence-corrected chi connectivity index (χ2v) is 1.85. The van der Waals surface area contributed by atoms with Crippen molar-refractivity contribution in [3.05, 3.63) is 0 Å². The van der Waals surface area contributed by atoms with Crippen molar-refractivity contribution in [2.75, 3.05) is 6.61 Å². The summed E-state index contributed by atoms with van der Waals surface area (Å²) >= 11 is 0. The van der Waals surface area contributed by atoms with E-state index in [0.717, 1.165) is 0 Å². The third-order valence-electron chi connectivity index (χ3n) is 0.899. The lowest BCUT2D eigenvalue weighted by atomic mass is 10.3. The van der Waals surface area contributed by atoms with Crippen molar-refractivity contribution in [2.45, 2.75) is 12.1 Å². The second kappa shape index (κ2) is 3.60. The van der Waals surface area contributed by atoms with Gasteiger partial charge in [-0.15, -0.1) is 6.42 Å². The Bertz CT molecular complexity index is 236. The summed E-state index contributed by atoms with van der Waals surface area (Å²) in [5.74, 6) is -6.63. The van der Waals surface area contributed by atoms with Crippen molar-refractivity contribution >= 4 is 5.97 Å². The van der Waals surface area contributed by atoms with Crippen molar-refractivity contribution in [2.24, 2.45) is 0 Å². The van der Waals surface area contributed by atoms with E-state index in [9.17, 15) is 26.7 Å². The van der Waals surface area contributed by atoms with Crippen LogP contribution in [0.2, 0.25) is 0 Å². The molecule has 2 nitrogen and oxygen atoms in total. The molecule has 0 saturated carbocycles. The Hall–Kier alpha value is -1.32. The molecule has 0 aromatic rings. The maximum atomic E-state index is 12.0. The van der Waals surface area contributed by atoms with Crippen LogP contribution in [-0.2, 0) is 9.53 Å². The van der Waals surface area contributed by atoms with Crippen LogP contribution >= 0.6 is 0 Å². The molecule has 0 spiro atoms. The first-order chi connectivity index (χ1) is 5.73. The number of alkyl halides is 5. The first-order valence-corrected chi connectivity index (χ1v) is 2.78. The number of esters is 1. The minimum absolute atomic E-state index is 0.926. The fraction of sp³-hybridized carbons (Fsp3) is 0.500. The monoisotopic (exact) mass is 202 g/mol. The molecule has 7 heteroatoms. The lowest BCUT2D eigenvalue weighted by Gasteiger charge is -2.16. The van der Waals surface area contributed by atoms with Crippen LogP contribution in [0.25, 0.3) is 0 Å². The SMILES string of the molecule is C#CCOC(=O)C(F)(F)C(F)(F)F. The molecule has 0 aliphatic carbocycles. The molecule has 0 atom stereocenters. The van der Waals surface area contributed by atoms with Gasteiger partial charge in [-0.3, -0.25) is 0 Å². The van der Waals surface area contributed by atoms with Crippen LogP contribution in [0, 0.1) is 12.3 Å². The summed E-state index contributed by atoms with van der Waals surface area (Å²) in [6.07, 6.45) is -1.48. The first-order valence-electron chi connectivity index (χ1n) is 2.78. The van der Waals surface area contributed by atoms with E-state index in [1.54, 1.807) is 5.92 Å². The number of terminal acetylenes is 1. The van der Waals surface area contributed by atoms with Gasteiger partial charge in [0.25, 0.3) is 0 Å². The summed E-state index contributed by atoms with van der Waals surface area (Å²) < 4.78 is 61.6. The molecule has 0 N–H and O–H groups in total. The van der Waals surface area contributed by atoms with Crippen molar-refractivity contribution in [1.82, 2.24) is 0 Å². The number of ether oxygens (including phenoxy) is 1. The van der Waals surface area contributed by atoms with Crippen LogP contribution < -0.4 is 0 Å². The van der Waals surface area contributed by atoms with E-state index in [1.807, 2.05) is 0 Å². The highest BCUT2D eigenvalue weighted by atomic mass is 19.4. The zero-order chi connectivity index (χ0) is 10.7. The molecular weight excluding hydrogens is 199 g/mol. The van der Waals surface area contributed by atoms with Gasteiger partial charge in [-0.1, -0.05) is 5.92 Å². The largest absolute Gasteiger partial charge is 0.465 e. The van der Waals surface area contributed by atoms with Crippen molar-refractivity contribution in [1.29, 1.82) is 0 Å². The number of hydrogen-bond acceptors (Lipinski definition) is 2. The van der Waals surface area contributed by atoms with Crippen LogP contribution in [0.15, 0.2) is 0 Å². The summed E-state index contributed by atoms with van der Waals surface area (Å²) in [5.41, 5.74) is 0. The first kappa shape index (κ1) is 11.7. The van der Waals surface area contributed by atoms with Gasteiger partial charge in [-0.25, -0.2) is 4.79 Å². The smallest absolute Gasteiger partial charge is 0.448 e. The van der Waals surface area contributed by atoms with E-state index < -0.39 is 24.7 Å². The number of hydrogen-bond donors (Lipinski definition) is 0. The topological polar surface area (TPSA) is 26.3 Å². The van der Waals surface area contributed by atoms with E-state index in [0.29, 0.717) is 0 Å². The van der Waals surface area contributed by atoms with Crippen LogP contribution in [0.3, 0.4) is 0 Å². The molecule has 0 fully saturated rings. The summed E-state index contributed by atoms with van der Waals surface area (Å²) in [7, 11) is 0. The molecule has 0 radical (unpaired) electrons. The third kappa shape index (κ3) is 2.57. The minimum Gasteiger partial charge on any atom is -0.448 e. The molecule has 0 saturated heterocycles. The summed E-state index contributed by atoms with van der Waals surface area (Å²) in [4.78, 5) is 10.1. The van der Waals surface area contributed by atoms with Crippen LogP contribution in [0.5, 0.6) is 0 Å². The predicted molar refractivity (Wildman–Crippen MR) is 30.8 cm³/mol. The van der Waals surface area contributed by atoms with Gasteiger partial charge in [-0.05, 0) is 0 Å². The molecule has 0 aromatic heterocycles. The minimum atomic E-state index is -5.96. The Balaban J connectivity index is 4.48. The average Bonchev–Trinajstić information content (AvgIpc) is 1.97. The van der Waals surface area contributed by atoms with E-state index in [4.69, 9.17) is 0 Å². The Morgan fingerprint density at radius 1 is 1.31 bits per heavy atom. The third-order valence-corrected chi connectivity index (χ3v) is 0.899. The molecule has 0 aliphatic heterocycles. The van der Waals surface area contributed by atoms with Crippen molar-refractivity contribution in [3.63, 3.8) is 0 Å². The zero-order valence-electron chi connectivity index (χ0n) is 5.99. The van der Waals surface area contributed by atoms with E-state index in [1.165, 1.54) is 0 Å². The molecule has 13 heavy (non-hydrogen) atoms. The van der Waals surface area contributed by atoms with E-state index in [2.05, 4.69) is 11.2 Å². The van der Waals surface area contributed by atoms with Gasteiger partial charge in [0.15, 0.2) is 6.61 Å². The van der Waals surface area contributed by atoms with Gasteiger partial charge in [0.1, 0.15) is 0 Å². The van der Waals surface area contributed by atoms with Crippen LogP contribution in [0.1, 0.15) is 0 Å². The summed E-state index contributed by atoms with van der Waals surface area (Å²) in [6.45, 7) is -0.926. The van der Waals surface area contributed by atoms with Gasteiger partial charge in [0.05, 0.1) is 0 Å². The zero-order valence-corrected chi connectivity index (χ0v) is 5.99. The van der Waals surface area contributed by atoms with Gasteiger partial charge in [0, 0.05) is 0 Å². The number of rotatable bonds is 2. The molecule has 0 bridgehead atoms. The summed E-state index contributed by atoms with van der Waals surface area (Å²) in [6, 6.07) is 0. The molecule has 0 rings (SSSR count). The molecule has 0 unspecified atom stereocenters. The predicted octanol–water partition coefficient (Wildman–Crippen LogP) is 1.36. The molecule has 74 valence electrons. The van der Waals surface area contributed by atoms with Gasteiger partial charge in [-0.2, -0.15) is 22.0 Å². The Morgan fingerprint density at radius 3 is 2.08 bits per heavy atom. The number of carbonyl (C=O) groups excluding carboxylic acids is 1. The van der Waals surface area contributed by atoms with Gasteiger partial charge >= 0.3 is 18.1 Å². The molecule has 0 heterocycles. The maximum Gasteiger partial charge on any atom is 0.465 e. The molecule has 0 aliphatic rings. The van der Waals surface area contributed by atoms with Crippen molar-refractivity contribution in [3.8, 4) is 12.3 Å². The quantitative estimate of drug-likeness (QED) is 0.384. The van der Waals surface area contributed by atoms with Gasteiger partial charge in [0.2, 0.25) is 0 Å². The fourth-order valence-corrected chi connectivity index (χ4v) is 0.314. The Kier molecular flexibility index (Phi) is 3.23. The molecule has 0 amide bonds. The fourth-order valence-electron chi connectivity index (χ4n) is 0.314. The maximum absolute atomic E-state index is 12.0. The van der Waals surface area contributed by atoms with Gasteiger partial charge < -0.3 is 4.74 Å². The highest BCUT2D eigenvalue weighted by Gasteiger charge is 2.64. The highest BCUT2D eigenvalue weighted by molar-refractivity contribution is 5.78. The highest BCUT2D eigenvalue weighted by Crippen LogP contribution is 2.36. The van der Waals surface area contributed by atoms with Crippen LogP contribution in [0.4, 0.5) is 22.0 Å². The Labute approximate surface area is 69.7 Å². The molecular formula is C6H3F5O2. The second-order valence-electron chi connectivity index (χ2n) is 1.85. The number of halogens is 5. The van der Waals surface area contributed by atoms with E-state index >= 15 is 0 Å². The molecule has 0 aromatic carbocycles. The standard InChI is InChI=1S/C6H3F5O2/c1-2-3-13-4(12)5(7,8)6(9,10)11/h1H,3H2. The Morgan fingerprint density at radius 2 is 1.77 bits per heavy atom.